The number of hydrogen-bond donors (Lipinski definition) is 2. The SMILES string of the molecule is C=C(C)[C@@H]1CC[C@]2(C)[C@@H]1[C@@H]1CC[C@@H]3[C@]4(C)CC[C@H](O)C(C)(C)[C@@H]4CC[C@]3(C)[C@@]1(C)C[C@@H]2O. The summed E-state index contributed by atoms with van der Waals surface area (Å²) in [5.41, 5.74) is 2.18. The molecular weight excluding hydrogens is 392 g/mol. The van der Waals surface area contributed by atoms with Crippen LogP contribution >= 0.6 is 0 Å². The zero-order valence-electron chi connectivity index (χ0n) is 22.0. The number of aliphatic hydroxyl groups excluding tert-OH is 2. The van der Waals surface area contributed by atoms with E-state index in [2.05, 4.69) is 55.0 Å². The van der Waals surface area contributed by atoms with Crippen molar-refractivity contribution in [2.24, 2.45) is 56.7 Å². The summed E-state index contributed by atoms with van der Waals surface area (Å²) in [6.07, 6.45) is 10.3. The van der Waals surface area contributed by atoms with Gasteiger partial charge in [-0.3, -0.25) is 0 Å². The molecule has 0 aromatic heterocycles. The van der Waals surface area contributed by atoms with Crippen LogP contribution in [0.1, 0.15) is 106 Å². The van der Waals surface area contributed by atoms with Crippen molar-refractivity contribution in [1.82, 2.24) is 0 Å². The summed E-state index contributed by atoms with van der Waals surface area (Å²) in [4.78, 5) is 0. The van der Waals surface area contributed by atoms with Crippen molar-refractivity contribution in [3.63, 3.8) is 0 Å². The highest BCUT2D eigenvalue weighted by atomic mass is 16.3. The molecule has 0 unspecified atom stereocenters. The van der Waals surface area contributed by atoms with E-state index in [1.807, 2.05) is 0 Å². The first-order chi connectivity index (χ1) is 14.7. The molecule has 5 saturated carbocycles. The third-order valence-corrected chi connectivity index (χ3v) is 13.6. The third kappa shape index (κ3) is 2.61. The molecule has 11 atom stereocenters. The van der Waals surface area contributed by atoms with Crippen LogP contribution in [0.15, 0.2) is 12.2 Å². The van der Waals surface area contributed by atoms with E-state index in [1.165, 1.54) is 44.1 Å². The highest BCUT2D eigenvalue weighted by molar-refractivity contribution is 5.22. The van der Waals surface area contributed by atoms with Gasteiger partial charge in [0, 0.05) is 0 Å². The quantitative estimate of drug-likeness (QED) is 0.429. The summed E-state index contributed by atoms with van der Waals surface area (Å²) < 4.78 is 0. The second-order valence-electron chi connectivity index (χ2n) is 14.8. The lowest BCUT2D eigenvalue weighted by molar-refractivity contribution is -0.261. The van der Waals surface area contributed by atoms with Gasteiger partial charge in [0.1, 0.15) is 0 Å². The number of rotatable bonds is 1. The maximum atomic E-state index is 11.7. The number of aliphatic hydroxyl groups is 2. The fourth-order valence-electron chi connectivity index (χ4n) is 11.5. The summed E-state index contributed by atoms with van der Waals surface area (Å²) in [6, 6.07) is 0. The Bertz CT molecular complexity index is 801. The molecule has 0 aromatic carbocycles. The van der Waals surface area contributed by atoms with E-state index in [1.54, 1.807) is 0 Å². The van der Waals surface area contributed by atoms with E-state index in [0.29, 0.717) is 35.0 Å². The molecule has 0 amide bonds. The topological polar surface area (TPSA) is 40.5 Å². The van der Waals surface area contributed by atoms with Crippen molar-refractivity contribution in [3.8, 4) is 0 Å². The van der Waals surface area contributed by atoms with Crippen LogP contribution in [0.2, 0.25) is 0 Å². The molecule has 32 heavy (non-hydrogen) atoms. The number of fused-ring (bicyclic) bond motifs is 7. The highest BCUT2D eigenvalue weighted by Gasteiger charge is 2.71. The Labute approximate surface area is 197 Å². The minimum atomic E-state index is -0.191. The van der Waals surface area contributed by atoms with Crippen molar-refractivity contribution in [1.29, 1.82) is 0 Å². The first-order valence-electron chi connectivity index (χ1n) is 13.7. The van der Waals surface area contributed by atoms with Crippen LogP contribution in [0.5, 0.6) is 0 Å². The summed E-state index contributed by atoms with van der Waals surface area (Å²) >= 11 is 0. The second-order valence-corrected chi connectivity index (χ2v) is 14.8. The molecule has 0 heterocycles. The maximum absolute atomic E-state index is 11.7. The molecule has 0 bridgehead atoms. The van der Waals surface area contributed by atoms with Gasteiger partial charge in [0.25, 0.3) is 0 Å². The van der Waals surface area contributed by atoms with Crippen molar-refractivity contribution >= 4 is 0 Å². The maximum Gasteiger partial charge on any atom is 0.0602 e. The van der Waals surface area contributed by atoms with Crippen LogP contribution in [0.25, 0.3) is 0 Å². The Hall–Kier alpha value is -0.340. The largest absolute Gasteiger partial charge is 0.393 e. The predicted molar refractivity (Wildman–Crippen MR) is 132 cm³/mol. The van der Waals surface area contributed by atoms with Crippen molar-refractivity contribution in [2.45, 2.75) is 118 Å². The van der Waals surface area contributed by atoms with Gasteiger partial charge in [0.2, 0.25) is 0 Å². The molecule has 0 aromatic rings. The van der Waals surface area contributed by atoms with E-state index < -0.39 is 0 Å². The van der Waals surface area contributed by atoms with Crippen LogP contribution in [0.3, 0.4) is 0 Å². The van der Waals surface area contributed by atoms with Crippen molar-refractivity contribution < 1.29 is 10.2 Å². The van der Waals surface area contributed by atoms with E-state index >= 15 is 0 Å². The molecule has 5 fully saturated rings. The van der Waals surface area contributed by atoms with Gasteiger partial charge < -0.3 is 10.2 Å². The van der Waals surface area contributed by atoms with Crippen LogP contribution in [0, 0.1) is 56.7 Å². The van der Waals surface area contributed by atoms with Gasteiger partial charge in [-0.2, -0.15) is 0 Å². The predicted octanol–water partition coefficient (Wildman–Crippen LogP) is 7.00. The van der Waals surface area contributed by atoms with E-state index in [0.717, 1.165) is 19.3 Å². The lowest BCUT2D eigenvalue weighted by atomic mass is 9.32. The first-order valence-corrected chi connectivity index (χ1v) is 13.7. The zero-order chi connectivity index (χ0) is 23.5. The average Bonchev–Trinajstić information content (AvgIpc) is 3.05. The first kappa shape index (κ1) is 23.4. The number of hydrogen-bond acceptors (Lipinski definition) is 2. The fourth-order valence-corrected chi connectivity index (χ4v) is 11.5. The Morgan fingerprint density at radius 1 is 0.719 bits per heavy atom. The lowest BCUT2D eigenvalue weighted by Gasteiger charge is -2.73. The van der Waals surface area contributed by atoms with E-state index in [9.17, 15) is 10.2 Å². The van der Waals surface area contributed by atoms with Crippen LogP contribution in [0.4, 0.5) is 0 Å². The van der Waals surface area contributed by atoms with Gasteiger partial charge in [0.15, 0.2) is 0 Å². The standard InChI is InChI=1S/C30H50O2/c1-18(2)19-11-14-28(6)24(32)17-30(8)20(25(19)28)9-10-22-27(5)15-13-23(31)26(3,4)21(27)12-16-29(22,30)7/h19-25,31-32H,1,9-17H2,2-8H3/t19-,20-,21-,22+,23-,24-,25-,27+,28-,29-,30-/m0/s1. The van der Waals surface area contributed by atoms with Gasteiger partial charge in [-0.1, -0.05) is 53.7 Å². The van der Waals surface area contributed by atoms with Crippen LogP contribution < -0.4 is 0 Å². The zero-order valence-corrected chi connectivity index (χ0v) is 22.0. The molecule has 182 valence electrons. The molecule has 0 saturated heterocycles. The highest BCUT2D eigenvalue weighted by Crippen LogP contribution is 2.77. The monoisotopic (exact) mass is 442 g/mol. The molecule has 0 spiro atoms. The van der Waals surface area contributed by atoms with Gasteiger partial charge in [-0.25, -0.2) is 0 Å². The Morgan fingerprint density at radius 3 is 2.03 bits per heavy atom. The van der Waals surface area contributed by atoms with Crippen LogP contribution in [-0.4, -0.2) is 22.4 Å². The minimum Gasteiger partial charge on any atom is -0.393 e. The van der Waals surface area contributed by atoms with Gasteiger partial charge in [-0.15, -0.1) is 0 Å². The fraction of sp³-hybridized carbons (Fsp3) is 0.933. The molecular formula is C30H50O2. The van der Waals surface area contributed by atoms with Crippen molar-refractivity contribution in [3.05, 3.63) is 12.2 Å². The molecule has 0 radical (unpaired) electrons. The Balaban J connectivity index is 1.57. The summed E-state index contributed by atoms with van der Waals surface area (Å²) in [5.74, 6) is 3.16. The minimum absolute atomic E-state index is 0.00718. The Kier molecular flexibility index (Phi) is 5.02. The molecule has 5 aliphatic carbocycles. The van der Waals surface area contributed by atoms with Crippen LogP contribution in [-0.2, 0) is 0 Å². The van der Waals surface area contributed by atoms with Gasteiger partial charge in [-0.05, 0) is 121 Å². The number of allylic oxidation sites excluding steroid dienone is 1. The average molecular weight is 443 g/mol. The summed E-state index contributed by atoms with van der Waals surface area (Å²) in [5, 5.41) is 22.6. The lowest BCUT2D eigenvalue weighted by Crippen LogP contribution is -2.68. The van der Waals surface area contributed by atoms with Crippen molar-refractivity contribution in [2.75, 3.05) is 0 Å². The smallest absolute Gasteiger partial charge is 0.0602 e. The molecule has 5 aliphatic rings. The molecule has 2 heteroatoms. The van der Waals surface area contributed by atoms with E-state index in [-0.39, 0.29) is 33.9 Å². The molecule has 0 aliphatic heterocycles. The molecule has 2 nitrogen and oxygen atoms in total. The normalized spacial score (nSPS) is 58.8. The third-order valence-electron chi connectivity index (χ3n) is 13.6. The molecule has 2 N–H and O–H groups in total. The van der Waals surface area contributed by atoms with E-state index in [4.69, 9.17) is 0 Å². The summed E-state index contributed by atoms with van der Waals surface area (Å²) in [7, 11) is 0. The summed E-state index contributed by atoms with van der Waals surface area (Å²) in [6.45, 7) is 21.5. The second kappa shape index (κ2) is 6.87. The molecule has 5 rings (SSSR count). The Morgan fingerprint density at radius 2 is 1.38 bits per heavy atom. The van der Waals surface area contributed by atoms with Gasteiger partial charge in [0.05, 0.1) is 12.2 Å². The van der Waals surface area contributed by atoms with Gasteiger partial charge >= 0.3 is 0 Å².